The lowest BCUT2D eigenvalue weighted by Crippen LogP contribution is -2.34. The first-order valence-corrected chi connectivity index (χ1v) is 10.4. The van der Waals surface area contributed by atoms with Crippen LogP contribution in [0.2, 0.25) is 0 Å². The zero-order valence-electron chi connectivity index (χ0n) is 18.0. The number of hydrogen-bond acceptors (Lipinski definition) is 3. The Hall–Kier alpha value is -3.15. The van der Waals surface area contributed by atoms with Gasteiger partial charge in [-0.15, -0.1) is 0 Å². The van der Waals surface area contributed by atoms with Crippen molar-refractivity contribution in [1.29, 1.82) is 0 Å². The van der Waals surface area contributed by atoms with E-state index in [1.54, 1.807) is 12.1 Å². The van der Waals surface area contributed by atoms with E-state index < -0.39 is 11.9 Å². The lowest BCUT2D eigenvalue weighted by Gasteiger charge is -2.16. The fraction of sp³-hybridized carbons (Fsp3) is 0.375. The number of nitrogens with one attached hydrogen (secondary N) is 2. The molecule has 2 amide bonds. The summed E-state index contributed by atoms with van der Waals surface area (Å²) in [5.41, 5.74) is 1.79. The number of carbonyl (C=O) groups excluding carboxylic acids is 2. The fourth-order valence-corrected chi connectivity index (χ4v) is 3.15. The minimum Gasteiger partial charge on any atom is -0.478 e. The highest BCUT2D eigenvalue weighted by Crippen LogP contribution is 2.21. The maximum atomic E-state index is 12.8. The fourth-order valence-electron chi connectivity index (χ4n) is 3.15. The Bertz CT molecular complexity index is 902. The Balaban J connectivity index is 2.28. The molecule has 6 nitrogen and oxygen atoms in total. The largest absolute Gasteiger partial charge is 0.478 e. The van der Waals surface area contributed by atoms with Gasteiger partial charge in [-0.05, 0) is 61.1 Å². The van der Waals surface area contributed by atoms with E-state index >= 15 is 0 Å². The molecule has 1 atom stereocenters. The van der Waals surface area contributed by atoms with E-state index in [1.165, 1.54) is 23.8 Å². The third-order valence-corrected chi connectivity index (χ3v) is 5.43. The summed E-state index contributed by atoms with van der Waals surface area (Å²) >= 11 is 0. The second kappa shape index (κ2) is 10.6. The number of anilines is 1. The van der Waals surface area contributed by atoms with Gasteiger partial charge in [0.15, 0.2) is 0 Å². The molecule has 0 aromatic heterocycles. The quantitative estimate of drug-likeness (QED) is 0.538. The number of aromatic carboxylic acids is 1. The predicted octanol–water partition coefficient (Wildman–Crippen LogP) is 5.07. The first kappa shape index (κ1) is 23.1. The predicted molar refractivity (Wildman–Crippen MR) is 118 cm³/mol. The summed E-state index contributed by atoms with van der Waals surface area (Å²) in [4.78, 5) is 36.9. The minimum absolute atomic E-state index is 0.0259. The van der Waals surface area contributed by atoms with Crippen LogP contribution in [0, 0.1) is 0 Å². The summed E-state index contributed by atoms with van der Waals surface area (Å²) in [6, 6.07) is 11.6. The molecule has 2 aromatic rings. The van der Waals surface area contributed by atoms with Gasteiger partial charge in [0.2, 0.25) is 0 Å². The Morgan fingerprint density at radius 3 is 2.03 bits per heavy atom. The summed E-state index contributed by atoms with van der Waals surface area (Å²) in [6.07, 6.45) is 2.59. The average molecular weight is 411 g/mol. The first-order chi connectivity index (χ1) is 14.3. The monoisotopic (exact) mass is 410 g/mol. The van der Waals surface area contributed by atoms with Gasteiger partial charge in [-0.3, -0.25) is 9.59 Å². The Kier molecular flexibility index (Phi) is 8.16. The van der Waals surface area contributed by atoms with Crippen molar-refractivity contribution in [3.63, 3.8) is 0 Å². The van der Waals surface area contributed by atoms with Crippen LogP contribution >= 0.6 is 0 Å². The van der Waals surface area contributed by atoms with Crippen LogP contribution in [0.5, 0.6) is 0 Å². The van der Waals surface area contributed by atoms with E-state index in [4.69, 9.17) is 0 Å². The minimum atomic E-state index is -1.22. The first-order valence-electron chi connectivity index (χ1n) is 10.4. The number of carboxylic acid groups (broad SMARTS) is 1. The average Bonchev–Trinajstić information content (AvgIpc) is 2.76. The van der Waals surface area contributed by atoms with Crippen molar-refractivity contribution in [1.82, 2.24) is 5.32 Å². The summed E-state index contributed by atoms with van der Waals surface area (Å²) in [5.74, 6) is -1.70. The van der Waals surface area contributed by atoms with E-state index in [1.807, 2.05) is 26.0 Å². The van der Waals surface area contributed by atoms with Crippen LogP contribution in [0.3, 0.4) is 0 Å². The maximum Gasteiger partial charge on any atom is 0.336 e. The molecule has 0 bridgehead atoms. The van der Waals surface area contributed by atoms with Gasteiger partial charge in [-0.25, -0.2) is 4.79 Å². The normalized spacial score (nSPS) is 11.8. The van der Waals surface area contributed by atoms with Gasteiger partial charge in [-0.1, -0.05) is 39.8 Å². The molecule has 0 spiro atoms. The summed E-state index contributed by atoms with van der Waals surface area (Å²) in [5, 5.41) is 15.1. The molecule has 0 saturated heterocycles. The van der Waals surface area contributed by atoms with Crippen LogP contribution in [0.1, 0.15) is 89.5 Å². The summed E-state index contributed by atoms with van der Waals surface area (Å²) < 4.78 is 0. The highest BCUT2D eigenvalue weighted by molar-refractivity contribution is 6.12. The van der Waals surface area contributed by atoms with Gasteiger partial charge in [0.25, 0.3) is 11.8 Å². The molecule has 160 valence electrons. The van der Waals surface area contributed by atoms with Crippen LogP contribution in [-0.2, 0) is 0 Å². The zero-order chi connectivity index (χ0) is 22.3. The smallest absolute Gasteiger partial charge is 0.336 e. The van der Waals surface area contributed by atoms with E-state index in [2.05, 4.69) is 24.5 Å². The molecule has 30 heavy (non-hydrogen) atoms. The topological polar surface area (TPSA) is 95.5 Å². The van der Waals surface area contributed by atoms with Crippen LogP contribution in [0.15, 0.2) is 42.5 Å². The Labute approximate surface area is 177 Å². The van der Waals surface area contributed by atoms with Crippen LogP contribution in [0.4, 0.5) is 5.69 Å². The SMILES string of the molecule is CCC(CC)NC(=O)c1ccc(C(=O)O)c(C(=O)Nc2ccc(C(C)CC)cc2)c1. The van der Waals surface area contributed by atoms with Crippen LogP contribution < -0.4 is 10.6 Å². The van der Waals surface area contributed by atoms with Gasteiger partial charge in [0.05, 0.1) is 11.1 Å². The van der Waals surface area contributed by atoms with Gasteiger partial charge < -0.3 is 15.7 Å². The maximum absolute atomic E-state index is 12.8. The molecule has 3 N–H and O–H groups in total. The van der Waals surface area contributed by atoms with Crippen molar-refractivity contribution in [2.24, 2.45) is 0 Å². The third-order valence-electron chi connectivity index (χ3n) is 5.43. The highest BCUT2D eigenvalue weighted by Gasteiger charge is 2.20. The molecule has 0 aliphatic carbocycles. The third kappa shape index (κ3) is 5.69. The number of amides is 2. The van der Waals surface area contributed by atoms with Crippen molar-refractivity contribution in [3.05, 3.63) is 64.7 Å². The van der Waals surface area contributed by atoms with E-state index in [-0.39, 0.29) is 28.6 Å². The molecule has 0 heterocycles. The number of carbonyl (C=O) groups is 3. The van der Waals surface area contributed by atoms with E-state index in [9.17, 15) is 19.5 Å². The number of rotatable bonds is 9. The molecule has 0 radical (unpaired) electrons. The molecule has 2 aromatic carbocycles. The Morgan fingerprint density at radius 1 is 0.867 bits per heavy atom. The van der Waals surface area contributed by atoms with Crippen LogP contribution in [0.25, 0.3) is 0 Å². The lowest BCUT2D eigenvalue weighted by atomic mass is 9.98. The number of carboxylic acids is 1. The molecule has 0 aliphatic heterocycles. The molecule has 0 saturated carbocycles. The molecule has 0 aliphatic rings. The van der Waals surface area contributed by atoms with Crippen molar-refractivity contribution in [2.75, 3.05) is 5.32 Å². The molecule has 6 heteroatoms. The van der Waals surface area contributed by atoms with Gasteiger partial charge in [-0.2, -0.15) is 0 Å². The Morgan fingerprint density at radius 2 is 1.50 bits per heavy atom. The standard InChI is InChI=1S/C24H30N2O4/c1-5-15(4)16-8-11-19(12-9-16)26-23(28)21-14-17(10-13-20(21)24(29)30)22(27)25-18(6-2)7-3/h8-15,18H,5-7H2,1-4H3,(H,25,27)(H,26,28)(H,29,30). The van der Waals surface area contributed by atoms with Crippen LogP contribution in [-0.4, -0.2) is 28.9 Å². The van der Waals surface area contributed by atoms with Gasteiger partial charge in [0, 0.05) is 17.3 Å². The van der Waals surface area contributed by atoms with Crippen molar-refractivity contribution >= 4 is 23.5 Å². The number of benzene rings is 2. The summed E-state index contributed by atoms with van der Waals surface area (Å²) in [6.45, 7) is 8.20. The summed E-state index contributed by atoms with van der Waals surface area (Å²) in [7, 11) is 0. The zero-order valence-corrected chi connectivity index (χ0v) is 18.0. The molecular weight excluding hydrogens is 380 g/mol. The van der Waals surface area contributed by atoms with Crippen molar-refractivity contribution in [2.45, 2.75) is 58.9 Å². The lowest BCUT2D eigenvalue weighted by molar-refractivity contribution is 0.0692. The highest BCUT2D eigenvalue weighted by atomic mass is 16.4. The van der Waals surface area contributed by atoms with E-state index in [0.29, 0.717) is 11.6 Å². The second-order valence-corrected chi connectivity index (χ2v) is 7.44. The van der Waals surface area contributed by atoms with E-state index in [0.717, 1.165) is 19.3 Å². The van der Waals surface area contributed by atoms with Crippen molar-refractivity contribution < 1.29 is 19.5 Å². The molecule has 2 rings (SSSR count). The second-order valence-electron chi connectivity index (χ2n) is 7.44. The number of hydrogen-bond donors (Lipinski definition) is 3. The van der Waals surface area contributed by atoms with Crippen molar-refractivity contribution in [3.8, 4) is 0 Å². The van der Waals surface area contributed by atoms with Gasteiger partial charge >= 0.3 is 5.97 Å². The molecule has 0 fully saturated rings. The van der Waals surface area contributed by atoms with Gasteiger partial charge in [0.1, 0.15) is 0 Å². The molecular formula is C24H30N2O4. The molecule has 1 unspecified atom stereocenters.